The van der Waals surface area contributed by atoms with Crippen LogP contribution >= 0.6 is 11.8 Å². The summed E-state index contributed by atoms with van der Waals surface area (Å²) in [6, 6.07) is 13.7. The molecular formula is C16H13N5O3S. The predicted molar refractivity (Wildman–Crippen MR) is 91.9 cm³/mol. The lowest BCUT2D eigenvalue weighted by atomic mass is 10.2. The molecule has 0 saturated carbocycles. The Kier molecular flexibility index (Phi) is 5.37. The van der Waals surface area contributed by atoms with Gasteiger partial charge in [-0.3, -0.25) is 15.4 Å². The van der Waals surface area contributed by atoms with Crippen LogP contribution in [0.15, 0.2) is 64.4 Å². The summed E-state index contributed by atoms with van der Waals surface area (Å²) < 4.78 is 5.47. The number of thioether (sulfide) groups is 1. The van der Waals surface area contributed by atoms with Gasteiger partial charge < -0.3 is 4.42 Å². The molecule has 0 fully saturated rings. The number of imide groups is 1. The predicted octanol–water partition coefficient (Wildman–Crippen LogP) is 2.57. The van der Waals surface area contributed by atoms with Crippen LogP contribution < -0.4 is 10.6 Å². The first-order valence-electron chi connectivity index (χ1n) is 7.24. The molecule has 3 rings (SSSR count). The molecule has 3 amide bonds. The maximum atomic E-state index is 11.8. The molecule has 2 N–H and O–H groups in total. The van der Waals surface area contributed by atoms with Crippen LogP contribution in [0.5, 0.6) is 0 Å². The number of anilines is 1. The van der Waals surface area contributed by atoms with Gasteiger partial charge in [-0.05, 0) is 24.3 Å². The lowest BCUT2D eigenvalue weighted by Gasteiger charge is -2.04. The average Bonchev–Trinajstić information content (AvgIpc) is 3.10. The van der Waals surface area contributed by atoms with Gasteiger partial charge in [-0.1, -0.05) is 36.0 Å². The number of amides is 3. The molecule has 1 aromatic carbocycles. The number of nitrogens with zero attached hydrogens (tertiary/aromatic N) is 3. The molecule has 8 nitrogen and oxygen atoms in total. The largest absolute Gasteiger partial charge is 0.411 e. The smallest absolute Gasteiger partial charge is 0.327 e. The zero-order valence-corrected chi connectivity index (χ0v) is 13.7. The number of hydrogen-bond donors (Lipinski definition) is 2. The van der Waals surface area contributed by atoms with Crippen molar-refractivity contribution in [1.82, 2.24) is 20.5 Å². The van der Waals surface area contributed by atoms with Crippen molar-refractivity contribution in [1.29, 1.82) is 0 Å². The Morgan fingerprint density at radius 2 is 1.84 bits per heavy atom. The highest BCUT2D eigenvalue weighted by Gasteiger charge is 2.13. The van der Waals surface area contributed by atoms with Crippen molar-refractivity contribution in [2.45, 2.75) is 5.22 Å². The Labute approximate surface area is 147 Å². The van der Waals surface area contributed by atoms with Crippen LogP contribution in [0.1, 0.15) is 0 Å². The molecule has 25 heavy (non-hydrogen) atoms. The summed E-state index contributed by atoms with van der Waals surface area (Å²) in [7, 11) is 0. The molecule has 3 aromatic rings. The van der Waals surface area contributed by atoms with Crippen molar-refractivity contribution >= 4 is 29.5 Å². The van der Waals surface area contributed by atoms with Gasteiger partial charge in [-0.2, -0.15) is 0 Å². The van der Waals surface area contributed by atoms with Crippen LogP contribution in [0.3, 0.4) is 0 Å². The third-order valence-electron chi connectivity index (χ3n) is 2.91. The van der Waals surface area contributed by atoms with Gasteiger partial charge in [-0.15, -0.1) is 10.2 Å². The molecule has 0 radical (unpaired) electrons. The monoisotopic (exact) mass is 355 g/mol. The van der Waals surface area contributed by atoms with E-state index in [0.717, 1.165) is 17.3 Å². The molecule has 0 aliphatic heterocycles. The Morgan fingerprint density at radius 3 is 2.60 bits per heavy atom. The van der Waals surface area contributed by atoms with Crippen molar-refractivity contribution in [3.05, 3.63) is 54.7 Å². The number of rotatable bonds is 5. The SMILES string of the molecule is O=C(CSc1nnc(-c2ccccc2)o1)NC(=O)Nc1ccccn1. The second-order valence-corrected chi connectivity index (χ2v) is 5.67. The van der Waals surface area contributed by atoms with E-state index >= 15 is 0 Å². The van der Waals surface area contributed by atoms with E-state index in [1.165, 1.54) is 6.20 Å². The van der Waals surface area contributed by atoms with E-state index < -0.39 is 11.9 Å². The fraction of sp³-hybridized carbons (Fsp3) is 0.0625. The summed E-state index contributed by atoms with van der Waals surface area (Å²) in [5.74, 6) is 0.200. The lowest BCUT2D eigenvalue weighted by Crippen LogP contribution is -2.35. The Hall–Kier alpha value is -3.20. The second kappa shape index (κ2) is 8.06. The van der Waals surface area contributed by atoms with Crippen LogP contribution in [-0.2, 0) is 4.79 Å². The van der Waals surface area contributed by atoms with E-state index in [1.54, 1.807) is 18.2 Å². The van der Waals surface area contributed by atoms with Gasteiger partial charge in [0.25, 0.3) is 5.22 Å². The molecule has 0 atom stereocenters. The fourth-order valence-electron chi connectivity index (χ4n) is 1.84. The van der Waals surface area contributed by atoms with Crippen molar-refractivity contribution in [2.75, 3.05) is 11.1 Å². The third kappa shape index (κ3) is 4.88. The summed E-state index contributed by atoms with van der Waals surface area (Å²) in [6.45, 7) is 0. The zero-order valence-electron chi connectivity index (χ0n) is 12.9. The highest BCUT2D eigenvalue weighted by Crippen LogP contribution is 2.22. The first-order valence-corrected chi connectivity index (χ1v) is 8.23. The maximum Gasteiger partial charge on any atom is 0.327 e. The van der Waals surface area contributed by atoms with E-state index in [4.69, 9.17) is 4.42 Å². The standard InChI is InChI=1S/C16H13N5O3S/c22-13(19-15(23)18-12-8-4-5-9-17-12)10-25-16-21-20-14(24-16)11-6-2-1-3-7-11/h1-9H,10H2,(H2,17,18,19,22,23). The lowest BCUT2D eigenvalue weighted by molar-refractivity contribution is -0.117. The van der Waals surface area contributed by atoms with E-state index in [0.29, 0.717) is 11.7 Å². The summed E-state index contributed by atoms with van der Waals surface area (Å²) in [4.78, 5) is 27.4. The van der Waals surface area contributed by atoms with Gasteiger partial charge in [0.05, 0.1) is 5.75 Å². The van der Waals surface area contributed by atoms with Crippen LogP contribution in [0.25, 0.3) is 11.5 Å². The number of benzene rings is 1. The summed E-state index contributed by atoms with van der Waals surface area (Å²) in [5.41, 5.74) is 0.793. The number of pyridine rings is 1. The molecule has 0 bridgehead atoms. The maximum absolute atomic E-state index is 11.8. The number of urea groups is 1. The van der Waals surface area contributed by atoms with Crippen molar-refractivity contribution in [3.8, 4) is 11.5 Å². The molecule has 126 valence electrons. The fourth-order valence-corrected chi connectivity index (χ4v) is 2.40. The first kappa shape index (κ1) is 16.7. The molecule has 0 aliphatic rings. The number of hydrogen-bond acceptors (Lipinski definition) is 7. The minimum atomic E-state index is -0.653. The summed E-state index contributed by atoms with van der Waals surface area (Å²) in [5, 5.41) is 12.7. The quantitative estimate of drug-likeness (QED) is 0.677. The zero-order chi connectivity index (χ0) is 17.5. The summed E-state index contributed by atoms with van der Waals surface area (Å²) in [6.07, 6.45) is 1.53. The van der Waals surface area contributed by atoms with Gasteiger partial charge in [0.2, 0.25) is 11.8 Å². The molecule has 0 spiro atoms. The molecular weight excluding hydrogens is 342 g/mol. The van der Waals surface area contributed by atoms with Gasteiger partial charge in [-0.25, -0.2) is 9.78 Å². The molecule has 0 saturated heterocycles. The normalized spacial score (nSPS) is 10.2. The van der Waals surface area contributed by atoms with Crippen molar-refractivity contribution in [2.24, 2.45) is 0 Å². The van der Waals surface area contributed by atoms with Gasteiger partial charge in [0.1, 0.15) is 5.82 Å². The summed E-state index contributed by atoms with van der Waals surface area (Å²) >= 11 is 1.04. The number of carbonyl (C=O) groups excluding carboxylic acids is 2. The van der Waals surface area contributed by atoms with Crippen LogP contribution in [0.4, 0.5) is 10.6 Å². The average molecular weight is 355 g/mol. The number of aromatic nitrogens is 3. The van der Waals surface area contributed by atoms with Crippen LogP contribution in [0, 0.1) is 0 Å². The van der Waals surface area contributed by atoms with Crippen LogP contribution in [-0.4, -0.2) is 32.9 Å². The van der Waals surface area contributed by atoms with E-state index in [-0.39, 0.29) is 11.0 Å². The first-order chi connectivity index (χ1) is 12.2. The molecule has 2 heterocycles. The minimum Gasteiger partial charge on any atom is -0.411 e. The van der Waals surface area contributed by atoms with Gasteiger partial charge in [0.15, 0.2) is 0 Å². The second-order valence-electron chi connectivity index (χ2n) is 4.75. The van der Waals surface area contributed by atoms with Gasteiger partial charge >= 0.3 is 6.03 Å². The Morgan fingerprint density at radius 1 is 1.04 bits per heavy atom. The van der Waals surface area contributed by atoms with E-state index in [9.17, 15) is 9.59 Å². The molecule has 9 heteroatoms. The van der Waals surface area contributed by atoms with Gasteiger partial charge in [0, 0.05) is 11.8 Å². The Bertz CT molecular complexity index is 854. The highest BCUT2D eigenvalue weighted by molar-refractivity contribution is 7.99. The molecule has 0 aliphatic carbocycles. The topological polar surface area (TPSA) is 110 Å². The molecule has 2 aromatic heterocycles. The third-order valence-corrected chi connectivity index (χ3v) is 3.73. The Balaban J connectivity index is 1.48. The van der Waals surface area contributed by atoms with E-state index in [1.807, 2.05) is 30.3 Å². The number of carbonyl (C=O) groups is 2. The highest BCUT2D eigenvalue weighted by atomic mass is 32.2. The van der Waals surface area contributed by atoms with E-state index in [2.05, 4.69) is 25.8 Å². The van der Waals surface area contributed by atoms with Crippen molar-refractivity contribution < 1.29 is 14.0 Å². The minimum absolute atomic E-state index is 0.0357. The number of nitrogens with one attached hydrogen (secondary N) is 2. The van der Waals surface area contributed by atoms with Crippen molar-refractivity contribution in [3.63, 3.8) is 0 Å². The molecule has 0 unspecified atom stereocenters. The van der Waals surface area contributed by atoms with Crippen LogP contribution in [0.2, 0.25) is 0 Å².